The molecule has 4 heterocycles. The van der Waals surface area contributed by atoms with Crippen LogP contribution >= 0.6 is 11.6 Å². The van der Waals surface area contributed by atoms with E-state index in [1.54, 1.807) is 6.33 Å². The van der Waals surface area contributed by atoms with Crippen LogP contribution in [0.5, 0.6) is 0 Å². The molecule has 0 aliphatic carbocycles. The highest BCUT2D eigenvalue weighted by molar-refractivity contribution is 6.28. The van der Waals surface area contributed by atoms with Gasteiger partial charge in [-0.3, -0.25) is 4.90 Å². The average molecular weight is 379 g/mol. The number of carbonyl (C=O) groups excluding carboxylic acids is 1. The maximum absolute atomic E-state index is 12.6. The van der Waals surface area contributed by atoms with E-state index < -0.39 is 5.60 Å². The van der Waals surface area contributed by atoms with Crippen molar-refractivity contribution in [3.05, 3.63) is 11.6 Å². The molecule has 0 radical (unpaired) electrons. The second-order valence-electron chi connectivity index (χ2n) is 8.02. The Labute approximate surface area is 157 Å². The SMILES string of the molecule is Cn1cnc2nc(Cl)nc(N3CC4CCC(C3)N4C(=O)OC(C)(C)C)c21. The lowest BCUT2D eigenvalue weighted by atomic mass is 10.2. The summed E-state index contributed by atoms with van der Waals surface area (Å²) in [6, 6.07) is 0.223. The summed E-state index contributed by atoms with van der Waals surface area (Å²) in [5.74, 6) is 0.778. The predicted octanol–water partition coefficient (Wildman–Crippen LogP) is 2.60. The molecule has 9 heteroatoms. The predicted molar refractivity (Wildman–Crippen MR) is 98.4 cm³/mol. The summed E-state index contributed by atoms with van der Waals surface area (Å²) in [4.78, 5) is 29.7. The molecule has 0 N–H and O–H groups in total. The van der Waals surface area contributed by atoms with E-state index in [2.05, 4.69) is 19.9 Å². The fourth-order valence-corrected chi connectivity index (χ4v) is 4.08. The van der Waals surface area contributed by atoms with Crippen LogP contribution < -0.4 is 4.90 Å². The van der Waals surface area contributed by atoms with Gasteiger partial charge in [-0.15, -0.1) is 0 Å². The van der Waals surface area contributed by atoms with Crippen LogP contribution in [0.1, 0.15) is 33.6 Å². The first-order valence-corrected chi connectivity index (χ1v) is 9.21. The van der Waals surface area contributed by atoms with Crippen molar-refractivity contribution >= 4 is 34.7 Å². The molecule has 0 aromatic carbocycles. The van der Waals surface area contributed by atoms with E-state index in [1.807, 2.05) is 37.3 Å². The van der Waals surface area contributed by atoms with E-state index in [4.69, 9.17) is 16.3 Å². The number of fused-ring (bicyclic) bond motifs is 3. The summed E-state index contributed by atoms with van der Waals surface area (Å²) in [5.41, 5.74) is 0.957. The Balaban J connectivity index is 1.62. The number of aryl methyl sites for hydroxylation is 1. The molecular weight excluding hydrogens is 356 g/mol. The number of aromatic nitrogens is 4. The third kappa shape index (κ3) is 2.96. The highest BCUT2D eigenvalue weighted by Crippen LogP contribution is 2.35. The molecule has 2 unspecified atom stereocenters. The summed E-state index contributed by atoms with van der Waals surface area (Å²) in [5, 5.41) is 0.188. The summed E-state index contributed by atoms with van der Waals surface area (Å²) in [7, 11) is 1.92. The minimum Gasteiger partial charge on any atom is -0.444 e. The number of anilines is 1. The van der Waals surface area contributed by atoms with Gasteiger partial charge in [0.05, 0.1) is 18.4 Å². The Morgan fingerprint density at radius 2 is 1.88 bits per heavy atom. The maximum Gasteiger partial charge on any atom is 0.410 e. The van der Waals surface area contributed by atoms with E-state index in [0.717, 1.165) is 24.2 Å². The molecule has 2 aromatic heterocycles. The standard InChI is InChI=1S/C17H23ClN6O2/c1-17(2,3)26-16(25)24-10-5-6-11(24)8-23(7-10)14-12-13(19-9-22(12)4)20-15(18)21-14/h9-11H,5-8H2,1-4H3. The molecule has 2 aliphatic rings. The molecule has 26 heavy (non-hydrogen) atoms. The normalized spacial score (nSPS) is 23.0. The summed E-state index contributed by atoms with van der Waals surface area (Å²) in [6.07, 6.45) is 3.42. The van der Waals surface area contributed by atoms with Gasteiger partial charge in [-0.25, -0.2) is 9.78 Å². The van der Waals surface area contributed by atoms with Crippen LogP contribution in [-0.2, 0) is 11.8 Å². The van der Waals surface area contributed by atoms with Crippen LogP contribution in [0.3, 0.4) is 0 Å². The lowest BCUT2D eigenvalue weighted by Crippen LogP contribution is -2.57. The molecule has 8 nitrogen and oxygen atoms in total. The zero-order valence-corrected chi connectivity index (χ0v) is 16.2. The van der Waals surface area contributed by atoms with Gasteiger partial charge in [-0.2, -0.15) is 9.97 Å². The molecule has 2 saturated heterocycles. The topological polar surface area (TPSA) is 76.4 Å². The van der Waals surface area contributed by atoms with E-state index in [-0.39, 0.29) is 23.5 Å². The zero-order valence-electron chi connectivity index (χ0n) is 15.4. The number of rotatable bonds is 1. The fraction of sp³-hybridized carbons (Fsp3) is 0.647. The van der Waals surface area contributed by atoms with Gasteiger partial charge in [0.25, 0.3) is 0 Å². The Kier molecular flexibility index (Phi) is 3.98. The minimum absolute atomic E-state index is 0.112. The lowest BCUT2D eigenvalue weighted by Gasteiger charge is -2.41. The second kappa shape index (κ2) is 5.97. The second-order valence-corrected chi connectivity index (χ2v) is 8.36. The molecule has 2 bridgehead atoms. The molecule has 4 rings (SSSR count). The van der Waals surface area contributed by atoms with Crippen molar-refractivity contribution < 1.29 is 9.53 Å². The zero-order chi connectivity index (χ0) is 18.6. The third-order valence-corrected chi connectivity index (χ3v) is 5.08. The van der Waals surface area contributed by atoms with E-state index >= 15 is 0 Å². The van der Waals surface area contributed by atoms with Crippen molar-refractivity contribution in [3.8, 4) is 0 Å². The van der Waals surface area contributed by atoms with Crippen molar-refractivity contribution in [2.75, 3.05) is 18.0 Å². The first-order chi connectivity index (χ1) is 12.2. The Bertz CT molecular complexity index is 847. The van der Waals surface area contributed by atoms with Crippen LogP contribution in [0.15, 0.2) is 6.33 Å². The van der Waals surface area contributed by atoms with Crippen molar-refractivity contribution in [2.45, 2.75) is 51.3 Å². The van der Waals surface area contributed by atoms with Gasteiger partial charge in [0.1, 0.15) is 11.1 Å². The van der Waals surface area contributed by atoms with E-state index in [0.29, 0.717) is 18.7 Å². The minimum atomic E-state index is -0.491. The number of imidazole rings is 1. The molecule has 0 saturated carbocycles. The monoisotopic (exact) mass is 378 g/mol. The Morgan fingerprint density at radius 1 is 1.23 bits per heavy atom. The lowest BCUT2D eigenvalue weighted by molar-refractivity contribution is 0.0123. The molecule has 2 fully saturated rings. The van der Waals surface area contributed by atoms with Gasteiger partial charge in [-0.1, -0.05) is 0 Å². The van der Waals surface area contributed by atoms with Crippen LogP contribution in [0.2, 0.25) is 5.28 Å². The van der Waals surface area contributed by atoms with Gasteiger partial charge < -0.3 is 14.2 Å². The van der Waals surface area contributed by atoms with E-state index in [1.165, 1.54) is 0 Å². The average Bonchev–Trinajstić information content (AvgIpc) is 3.02. The molecular formula is C17H23ClN6O2. The van der Waals surface area contributed by atoms with E-state index in [9.17, 15) is 4.79 Å². The van der Waals surface area contributed by atoms with Gasteiger partial charge in [0.2, 0.25) is 5.28 Å². The highest BCUT2D eigenvalue weighted by Gasteiger charge is 2.45. The van der Waals surface area contributed by atoms with Crippen molar-refractivity contribution in [1.29, 1.82) is 0 Å². The van der Waals surface area contributed by atoms with Crippen LogP contribution in [-0.4, -0.2) is 61.3 Å². The summed E-state index contributed by atoms with van der Waals surface area (Å²) < 4.78 is 7.51. The Hall–Kier alpha value is -2.09. The highest BCUT2D eigenvalue weighted by atomic mass is 35.5. The molecule has 0 spiro atoms. The number of hydrogen-bond donors (Lipinski definition) is 0. The molecule has 1 amide bonds. The summed E-state index contributed by atoms with van der Waals surface area (Å²) >= 11 is 6.11. The molecule has 2 aliphatic heterocycles. The quantitative estimate of drug-likeness (QED) is 0.710. The number of piperazine rings is 1. The smallest absolute Gasteiger partial charge is 0.410 e. The molecule has 2 atom stereocenters. The van der Waals surface area contributed by atoms with Crippen molar-refractivity contribution in [3.63, 3.8) is 0 Å². The number of amides is 1. The van der Waals surface area contributed by atoms with Gasteiger partial charge in [0.15, 0.2) is 11.5 Å². The number of halogens is 1. The third-order valence-electron chi connectivity index (χ3n) is 4.91. The van der Waals surface area contributed by atoms with Crippen molar-refractivity contribution in [1.82, 2.24) is 24.4 Å². The fourth-order valence-electron chi connectivity index (χ4n) is 3.92. The van der Waals surface area contributed by atoms with Crippen LogP contribution in [0.4, 0.5) is 10.6 Å². The van der Waals surface area contributed by atoms with Gasteiger partial charge in [0, 0.05) is 20.1 Å². The van der Waals surface area contributed by atoms with Crippen LogP contribution in [0.25, 0.3) is 11.2 Å². The number of ether oxygens (including phenoxy) is 1. The van der Waals surface area contributed by atoms with Gasteiger partial charge in [-0.05, 0) is 45.2 Å². The first-order valence-electron chi connectivity index (χ1n) is 8.84. The Morgan fingerprint density at radius 3 is 2.50 bits per heavy atom. The molecule has 2 aromatic rings. The first kappa shape index (κ1) is 17.3. The number of carbonyl (C=O) groups is 1. The number of hydrogen-bond acceptors (Lipinski definition) is 6. The van der Waals surface area contributed by atoms with Gasteiger partial charge >= 0.3 is 6.09 Å². The van der Waals surface area contributed by atoms with Crippen molar-refractivity contribution in [2.24, 2.45) is 7.05 Å². The molecule has 140 valence electrons. The number of nitrogens with zero attached hydrogens (tertiary/aromatic N) is 6. The summed E-state index contributed by atoms with van der Waals surface area (Å²) in [6.45, 7) is 7.08. The maximum atomic E-state index is 12.6. The van der Waals surface area contributed by atoms with Crippen LogP contribution in [0, 0.1) is 0 Å². The largest absolute Gasteiger partial charge is 0.444 e.